The molecule has 1 saturated carbocycles. The lowest BCUT2D eigenvalue weighted by Gasteiger charge is -2.06. The third kappa shape index (κ3) is 3.50. The fourth-order valence-electron chi connectivity index (χ4n) is 3.74. The molecule has 0 unspecified atom stereocenters. The number of anilines is 1. The smallest absolute Gasteiger partial charge is 0.228 e. The highest BCUT2D eigenvalue weighted by Gasteiger charge is 2.43. The van der Waals surface area contributed by atoms with Crippen LogP contribution >= 0.6 is 23.2 Å². The van der Waals surface area contributed by atoms with Gasteiger partial charge in [-0.25, -0.2) is 0 Å². The summed E-state index contributed by atoms with van der Waals surface area (Å²) in [4.78, 5) is 12.7. The van der Waals surface area contributed by atoms with E-state index < -0.39 is 0 Å². The van der Waals surface area contributed by atoms with E-state index in [0.717, 1.165) is 34.3 Å². The minimum absolute atomic E-state index is 0.0204. The summed E-state index contributed by atoms with van der Waals surface area (Å²) in [5, 5.41) is 12.4. The molecule has 0 radical (unpaired) electrons. The number of carbonyl (C=O) groups is 1. The van der Waals surface area contributed by atoms with Crippen LogP contribution in [0.15, 0.2) is 66.7 Å². The molecule has 4 nitrogen and oxygen atoms in total. The maximum atomic E-state index is 12.7. The Morgan fingerprint density at radius 3 is 2.62 bits per heavy atom. The Morgan fingerprint density at radius 2 is 1.83 bits per heavy atom. The van der Waals surface area contributed by atoms with Crippen LogP contribution in [0.25, 0.3) is 22.2 Å². The maximum absolute atomic E-state index is 12.7. The molecule has 1 aliphatic carbocycles. The molecule has 1 aliphatic rings. The van der Waals surface area contributed by atoms with Crippen molar-refractivity contribution in [3.8, 4) is 11.3 Å². The van der Waals surface area contributed by atoms with Gasteiger partial charge in [0.25, 0.3) is 0 Å². The molecule has 0 bridgehead atoms. The lowest BCUT2D eigenvalue weighted by Crippen LogP contribution is -2.14. The molecule has 4 aromatic rings. The summed E-state index contributed by atoms with van der Waals surface area (Å²) in [7, 11) is 0. The van der Waals surface area contributed by atoms with Gasteiger partial charge in [0.15, 0.2) is 0 Å². The van der Waals surface area contributed by atoms with Gasteiger partial charge in [-0.2, -0.15) is 5.10 Å². The number of H-pyrrole nitrogens is 1. The van der Waals surface area contributed by atoms with E-state index in [9.17, 15) is 4.79 Å². The number of rotatable bonds is 4. The van der Waals surface area contributed by atoms with Gasteiger partial charge in [0.1, 0.15) is 5.69 Å². The zero-order chi connectivity index (χ0) is 20.0. The molecule has 1 fully saturated rings. The molecular weight excluding hydrogens is 405 g/mol. The summed E-state index contributed by atoms with van der Waals surface area (Å²) in [5.74, 6) is 0.380. The van der Waals surface area contributed by atoms with E-state index in [2.05, 4.69) is 27.6 Å². The minimum Gasteiger partial charge on any atom is -0.326 e. The third-order valence-electron chi connectivity index (χ3n) is 5.38. The van der Waals surface area contributed by atoms with Gasteiger partial charge in [-0.15, -0.1) is 0 Å². The molecule has 2 N–H and O–H groups in total. The molecule has 0 spiro atoms. The highest BCUT2D eigenvalue weighted by Crippen LogP contribution is 2.48. The number of fused-ring (bicyclic) bond motifs is 1. The fraction of sp³-hybridized carbons (Fsp3) is 0.130. The van der Waals surface area contributed by atoms with Crippen LogP contribution in [-0.4, -0.2) is 16.1 Å². The number of carbonyl (C=O) groups excluding carboxylic acids is 1. The van der Waals surface area contributed by atoms with Crippen LogP contribution in [0.3, 0.4) is 0 Å². The molecule has 1 aromatic heterocycles. The predicted octanol–water partition coefficient (Wildman–Crippen LogP) is 6.28. The van der Waals surface area contributed by atoms with Crippen LogP contribution in [0, 0.1) is 5.92 Å². The van der Waals surface area contributed by atoms with Crippen molar-refractivity contribution >= 4 is 45.7 Å². The summed E-state index contributed by atoms with van der Waals surface area (Å²) in [6.45, 7) is 0. The lowest BCUT2D eigenvalue weighted by atomic mass is 10.1. The largest absolute Gasteiger partial charge is 0.326 e. The van der Waals surface area contributed by atoms with Crippen LogP contribution in [0.2, 0.25) is 10.0 Å². The molecule has 6 heteroatoms. The van der Waals surface area contributed by atoms with Gasteiger partial charge in [-0.05, 0) is 48.2 Å². The average Bonchev–Trinajstić information content (AvgIpc) is 3.44. The Morgan fingerprint density at radius 1 is 1.00 bits per heavy atom. The van der Waals surface area contributed by atoms with E-state index in [-0.39, 0.29) is 11.8 Å². The second-order valence-corrected chi connectivity index (χ2v) is 8.12. The second-order valence-electron chi connectivity index (χ2n) is 7.31. The van der Waals surface area contributed by atoms with Gasteiger partial charge in [0, 0.05) is 22.6 Å². The Kier molecular flexibility index (Phi) is 4.53. The average molecular weight is 422 g/mol. The summed E-state index contributed by atoms with van der Waals surface area (Å²) >= 11 is 12.2. The van der Waals surface area contributed by atoms with Gasteiger partial charge >= 0.3 is 0 Å². The van der Waals surface area contributed by atoms with E-state index in [1.54, 1.807) is 12.1 Å². The van der Waals surface area contributed by atoms with Crippen molar-refractivity contribution in [2.45, 2.75) is 12.3 Å². The van der Waals surface area contributed by atoms with Crippen molar-refractivity contribution in [3.05, 3.63) is 82.3 Å². The predicted molar refractivity (Wildman–Crippen MR) is 117 cm³/mol. The number of hydrogen-bond acceptors (Lipinski definition) is 2. The highest BCUT2D eigenvalue weighted by atomic mass is 35.5. The number of aromatic nitrogens is 2. The van der Waals surface area contributed by atoms with E-state index >= 15 is 0 Å². The zero-order valence-electron chi connectivity index (χ0n) is 15.3. The molecular formula is C23H17Cl2N3O. The van der Waals surface area contributed by atoms with Crippen LogP contribution in [-0.2, 0) is 4.79 Å². The third-order valence-corrected chi connectivity index (χ3v) is 6.12. The monoisotopic (exact) mass is 421 g/mol. The molecule has 5 rings (SSSR count). The summed E-state index contributed by atoms with van der Waals surface area (Å²) < 4.78 is 0. The van der Waals surface area contributed by atoms with E-state index in [4.69, 9.17) is 23.2 Å². The molecule has 1 heterocycles. The highest BCUT2D eigenvalue weighted by molar-refractivity contribution is 6.42. The zero-order valence-corrected chi connectivity index (χ0v) is 16.8. The number of aromatic amines is 1. The first kappa shape index (κ1) is 18.2. The van der Waals surface area contributed by atoms with Crippen LogP contribution in [0.4, 0.5) is 5.69 Å². The summed E-state index contributed by atoms with van der Waals surface area (Å²) in [6.07, 6.45) is 0.887. The Labute approximate surface area is 177 Å². The topological polar surface area (TPSA) is 57.8 Å². The number of nitrogens with zero attached hydrogens (tertiary/aromatic N) is 1. The van der Waals surface area contributed by atoms with Crippen molar-refractivity contribution in [2.24, 2.45) is 5.92 Å². The molecule has 1 amide bonds. The van der Waals surface area contributed by atoms with Crippen molar-refractivity contribution < 1.29 is 4.79 Å². The summed E-state index contributed by atoms with van der Waals surface area (Å²) in [6, 6.07) is 21.3. The molecule has 3 aromatic carbocycles. The van der Waals surface area contributed by atoms with Gasteiger partial charge in [-0.1, -0.05) is 59.6 Å². The molecule has 0 saturated heterocycles. The maximum Gasteiger partial charge on any atom is 0.228 e. The van der Waals surface area contributed by atoms with E-state index in [1.165, 1.54) is 5.56 Å². The first-order valence-corrected chi connectivity index (χ1v) is 10.1. The van der Waals surface area contributed by atoms with Crippen molar-refractivity contribution in [2.75, 3.05) is 5.32 Å². The normalized spacial score (nSPS) is 18.0. The van der Waals surface area contributed by atoms with Crippen LogP contribution in [0.5, 0.6) is 0 Å². The van der Waals surface area contributed by atoms with Gasteiger partial charge < -0.3 is 5.32 Å². The first-order valence-electron chi connectivity index (χ1n) is 9.39. The van der Waals surface area contributed by atoms with Crippen LogP contribution < -0.4 is 5.32 Å². The van der Waals surface area contributed by atoms with Crippen molar-refractivity contribution in [1.82, 2.24) is 10.2 Å². The Hall–Kier alpha value is -2.82. The number of benzene rings is 3. The number of halogens is 2. The Bertz CT molecular complexity index is 1220. The fourth-order valence-corrected chi connectivity index (χ4v) is 4.04. The van der Waals surface area contributed by atoms with E-state index in [0.29, 0.717) is 16.0 Å². The van der Waals surface area contributed by atoms with Crippen molar-refractivity contribution in [1.29, 1.82) is 0 Å². The van der Waals surface area contributed by atoms with Gasteiger partial charge in [0.05, 0.1) is 15.6 Å². The number of hydrogen-bond donors (Lipinski definition) is 2. The van der Waals surface area contributed by atoms with Gasteiger partial charge in [0.2, 0.25) is 5.91 Å². The van der Waals surface area contributed by atoms with Crippen molar-refractivity contribution in [3.63, 3.8) is 0 Å². The summed E-state index contributed by atoms with van der Waals surface area (Å²) in [5.41, 5.74) is 4.49. The minimum atomic E-state index is 0.0204. The first-order chi connectivity index (χ1) is 14.1. The number of nitrogens with one attached hydrogen (secondary N) is 2. The molecule has 144 valence electrons. The van der Waals surface area contributed by atoms with Gasteiger partial charge in [-0.3, -0.25) is 9.89 Å². The van der Waals surface area contributed by atoms with Crippen LogP contribution in [0.1, 0.15) is 17.9 Å². The lowest BCUT2D eigenvalue weighted by molar-refractivity contribution is -0.117. The molecule has 29 heavy (non-hydrogen) atoms. The molecule has 0 aliphatic heterocycles. The SMILES string of the molecule is O=C(Nc1ccc2[nH]nc(-c3ccc(Cl)c(Cl)c3)c2c1)[C@@H]1C[C@H]1c1ccccc1. The number of amides is 1. The Balaban J connectivity index is 1.39. The van der Waals surface area contributed by atoms with E-state index in [1.807, 2.05) is 42.5 Å². The molecule has 2 atom stereocenters. The standard InChI is InChI=1S/C23H17Cl2N3O/c24-19-8-6-14(10-20(19)25)22-18-11-15(7-9-21(18)27-28-22)26-23(29)17-12-16(17)13-4-2-1-3-5-13/h1-11,16-17H,12H2,(H,26,29)(H,27,28)/t16-,17+/m0/s1. The second kappa shape index (κ2) is 7.21. The quantitative estimate of drug-likeness (QED) is 0.407.